The summed E-state index contributed by atoms with van der Waals surface area (Å²) in [4.78, 5) is 14.6. The zero-order valence-electron chi connectivity index (χ0n) is 14.8. The molecule has 2 aliphatic heterocycles. The number of aliphatic hydroxyl groups excluding tert-OH is 2. The molecular weight excluding hydrogens is 342 g/mol. The average molecular weight is 365 g/mol. The summed E-state index contributed by atoms with van der Waals surface area (Å²) in [5, 5.41) is 20.4. The summed E-state index contributed by atoms with van der Waals surface area (Å²) in [5.41, 5.74) is 1.97. The van der Waals surface area contributed by atoms with Crippen LogP contribution in [0.1, 0.15) is 29.9 Å². The first-order chi connectivity index (χ1) is 12.5. The van der Waals surface area contributed by atoms with Crippen molar-refractivity contribution in [2.24, 2.45) is 0 Å². The smallest absolute Gasteiger partial charge is 0.280 e. The predicted molar refractivity (Wildman–Crippen MR) is 88.7 cm³/mol. The molecule has 8 nitrogen and oxygen atoms in total. The molecule has 0 bridgehead atoms. The fourth-order valence-corrected chi connectivity index (χ4v) is 4.28. The summed E-state index contributed by atoms with van der Waals surface area (Å²) >= 11 is 0. The molecule has 142 valence electrons. The van der Waals surface area contributed by atoms with E-state index in [4.69, 9.17) is 18.9 Å². The molecule has 4 rings (SSSR count). The zero-order valence-corrected chi connectivity index (χ0v) is 14.8. The fraction of sp³-hybridized carbons (Fsp3) is 0.611. The van der Waals surface area contributed by atoms with Gasteiger partial charge in [-0.1, -0.05) is 0 Å². The van der Waals surface area contributed by atoms with E-state index >= 15 is 0 Å². The topological polar surface area (TPSA) is 97.7 Å². The number of benzene rings is 1. The van der Waals surface area contributed by atoms with E-state index in [0.717, 1.165) is 11.1 Å². The summed E-state index contributed by atoms with van der Waals surface area (Å²) in [5.74, 6) is 0.928. The number of hydrogen-bond acceptors (Lipinski definition) is 7. The molecule has 0 aromatic heterocycles. The number of amides is 1. The molecule has 2 heterocycles. The van der Waals surface area contributed by atoms with Crippen LogP contribution in [0.2, 0.25) is 0 Å². The molecule has 1 aromatic rings. The van der Waals surface area contributed by atoms with Crippen molar-refractivity contribution in [3.63, 3.8) is 0 Å². The number of ether oxygens (including phenoxy) is 4. The van der Waals surface area contributed by atoms with Crippen molar-refractivity contribution >= 4 is 5.91 Å². The molecular formula is C18H23NO7. The van der Waals surface area contributed by atoms with E-state index in [0.29, 0.717) is 30.9 Å². The molecule has 8 heteroatoms. The number of nitrogens with zero attached hydrogens (tertiary/aromatic N) is 1. The van der Waals surface area contributed by atoms with Crippen molar-refractivity contribution in [2.75, 3.05) is 21.0 Å². The van der Waals surface area contributed by atoms with Crippen LogP contribution in [0.15, 0.2) is 12.1 Å². The van der Waals surface area contributed by atoms with Gasteiger partial charge in [0.15, 0.2) is 11.5 Å². The van der Waals surface area contributed by atoms with Crippen molar-refractivity contribution < 1.29 is 34.0 Å². The molecule has 0 unspecified atom stereocenters. The van der Waals surface area contributed by atoms with Crippen molar-refractivity contribution in [2.45, 2.75) is 49.8 Å². The summed E-state index contributed by atoms with van der Waals surface area (Å²) in [7, 11) is 2.83. The van der Waals surface area contributed by atoms with E-state index in [-0.39, 0.29) is 24.7 Å². The molecule has 0 spiro atoms. The van der Waals surface area contributed by atoms with E-state index in [9.17, 15) is 15.0 Å². The zero-order chi connectivity index (χ0) is 18.4. The Labute approximate surface area is 151 Å². The molecule has 1 saturated carbocycles. The summed E-state index contributed by atoms with van der Waals surface area (Å²) in [6.07, 6.45) is -2.04. The van der Waals surface area contributed by atoms with Crippen LogP contribution in [0, 0.1) is 0 Å². The molecule has 26 heavy (non-hydrogen) atoms. The molecule has 1 amide bonds. The molecule has 4 atom stereocenters. The number of carbonyl (C=O) groups excluding carboxylic acids is 1. The van der Waals surface area contributed by atoms with Crippen LogP contribution in [0.4, 0.5) is 0 Å². The molecule has 1 aliphatic carbocycles. The second kappa shape index (κ2) is 6.70. The van der Waals surface area contributed by atoms with Crippen LogP contribution in [0.25, 0.3) is 0 Å². The summed E-state index contributed by atoms with van der Waals surface area (Å²) in [6, 6.07) is 3.58. The highest BCUT2D eigenvalue weighted by molar-refractivity contribution is 5.80. The lowest BCUT2D eigenvalue weighted by molar-refractivity contribution is -0.177. The SMILES string of the molecule is COC(OC)C(=O)N1Cc2cc3c(cc2[C@@H]2C[C@@H](O)[C@@H](O)C[C@H]21)OCO3. The van der Waals surface area contributed by atoms with Gasteiger partial charge in [-0.3, -0.25) is 4.79 Å². The van der Waals surface area contributed by atoms with Crippen LogP contribution < -0.4 is 9.47 Å². The van der Waals surface area contributed by atoms with Crippen LogP contribution in [-0.2, 0) is 20.8 Å². The van der Waals surface area contributed by atoms with Crippen LogP contribution >= 0.6 is 0 Å². The van der Waals surface area contributed by atoms with Crippen molar-refractivity contribution in [3.8, 4) is 11.5 Å². The third kappa shape index (κ3) is 2.73. The normalized spacial score (nSPS) is 29.5. The largest absolute Gasteiger partial charge is 0.454 e. The fourth-order valence-electron chi connectivity index (χ4n) is 4.28. The summed E-state index contributed by atoms with van der Waals surface area (Å²) in [6.45, 7) is 0.531. The highest BCUT2D eigenvalue weighted by atomic mass is 16.7. The quantitative estimate of drug-likeness (QED) is 0.746. The standard InChI is InChI=1S/C18H23NO7/c1-23-18(24-2)17(22)19-7-9-3-15-16(26-8-25-15)5-10(9)11-4-13(20)14(21)6-12(11)19/h3,5,11-14,18,20-21H,4,6-8H2,1-2H3/t11-,12+,13+,14-/m0/s1. The molecule has 1 aromatic carbocycles. The number of rotatable bonds is 3. The van der Waals surface area contributed by atoms with Crippen LogP contribution in [0.5, 0.6) is 11.5 Å². The highest BCUT2D eigenvalue weighted by Crippen LogP contribution is 2.46. The Balaban J connectivity index is 1.74. The third-order valence-corrected chi connectivity index (χ3v) is 5.57. The van der Waals surface area contributed by atoms with E-state index < -0.39 is 18.5 Å². The van der Waals surface area contributed by atoms with Crippen molar-refractivity contribution in [1.82, 2.24) is 4.90 Å². The molecule has 0 saturated heterocycles. The Morgan fingerprint density at radius 1 is 1.15 bits per heavy atom. The van der Waals surface area contributed by atoms with Gasteiger partial charge in [-0.25, -0.2) is 0 Å². The van der Waals surface area contributed by atoms with Gasteiger partial charge in [0.25, 0.3) is 5.91 Å². The number of fused-ring (bicyclic) bond motifs is 4. The van der Waals surface area contributed by atoms with Crippen molar-refractivity contribution in [1.29, 1.82) is 0 Å². The van der Waals surface area contributed by atoms with Gasteiger partial charge in [0.2, 0.25) is 13.1 Å². The summed E-state index contributed by atoms with van der Waals surface area (Å²) < 4.78 is 21.2. The minimum atomic E-state index is -1.00. The van der Waals surface area contributed by atoms with E-state index in [2.05, 4.69) is 0 Å². The van der Waals surface area contributed by atoms with Gasteiger partial charge in [0, 0.05) is 32.7 Å². The van der Waals surface area contributed by atoms with E-state index in [1.54, 1.807) is 4.90 Å². The number of aliphatic hydroxyl groups is 2. The second-order valence-corrected chi connectivity index (χ2v) is 6.95. The van der Waals surface area contributed by atoms with Gasteiger partial charge in [0.1, 0.15) is 0 Å². The van der Waals surface area contributed by atoms with Gasteiger partial charge in [0.05, 0.1) is 12.2 Å². The van der Waals surface area contributed by atoms with Crippen LogP contribution in [0.3, 0.4) is 0 Å². The van der Waals surface area contributed by atoms with Gasteiger partial charge in [-0.2, -0.15) is 0 Å². The highest BCUT2D eigenvalue weighted by Gasteiger charge is 2.46. The second-order valence-electron chi connectivity index (χ2n) is 6.95. The molecule has 1 fully saturated rings. The lowest BCUT2D eigenvalue weighted by Gasteiger charge is -2.48. The van der Waals surface area contributed by atoms with Gasteiger partial charge >= 0.3 is 0 Å². The predicted octanol–water partition coefficient (Wildman–Crippen LogP) is 0.344. The Bertz CT molecular complexity index is 705. The number of methoxy groups -OCH3 is 2. The first-order valence-corrected chi connectivity index (χ1v) is 8.68. The maximum Gasteiger partial charge on any atom is 0.280 e. The Morgan fingerprint density at radius 3 is 2.50 bits per heavy atom. The number of hydrogen-bond donors (Lipinski definition) is 2. The maximum absolute atomic E-state index is 12.9. The minimum absolute atomic E-state index is 0.107. The monoisotopic (exact) mass is 365 g/mol. The van der Waals surface area contributed by atoms with Gasteiger partial charge < -0.3 is 34.1 Å². The molecule has 0 radical (unpaired) electrons. The lowest BCUT2D eigenvalue weighted by Crippen LogP contribution is -2.56. The van der Waals surface area contributed by atoms with Gasteiger partial charge in [-0.05, 0) is 36.1 Å². The Hall–Kier alpha value is -1.87. The molecule has 2 N–H and O–H groups in total. The molecule has 3 aliphatic rings. The third-order valence-electron chi connectivity index (χ3n) is 5.57. The average Bonchev–Trinajstić information content (AvgIpc) is 3.09. The van der Waals surface area contributed by atoms with Gasteiger partial charge in [-0.15, -0.1) is 0 Å². The van der Waals surface area contributed by atoms with Crippen molar-refractivity contribution in [3.05, 3.63) is 23.3 Å². The van der Waals surface area contributed by atoms with Crippen LogP contribution in [-0.4, -0.2) is 66.6 Å². The maximum atomic E-state index is 12.9. The number of carbonyl (C=O) groups is 1. The minimum Gasteiger partial charge on any atom is -0.454 e. The lowest BCUT2D eigenvalue weighted by atomic mass is 9.72. The van der Waals surface area contributed by atoms with E-state index in [1.165, 1.54) is 14.2 Å². The first-order valence-electron chi connectivity index (χ1n) is 8.68. The first kappa shape index (κ1) is 17.5. The van der Waals surface area contributed by atoms with E-state index in [1.807, 2.05) is 12.1 Å². The Kier molecular flexibility index (Phi) is 4.52. The Morgan fingerprint density at radius 2 is 1.81 bits per heavy atom.